The number of rotatable bonds is 4. The summed E-state index contributed by atoms with van der Waals surface area (Å²) in [5.74, 6) is 0. The molecule has 0 heteroatoms. The van der Waals surface area contributed by atoms with Crippen LogP contribution in [0.1, 0.15) is 0 Å². The summed E-state index contributed by atoms with van der Waals surface area (Å²) in [6.07, 6.45) is 0. The molecule has 0 heterocycles. The van der Waals surface area contributed by atoms with Gasteiger partial charge < -0.3 is 0 Å². The fourth-order valence-electron chi connectivity index (χ4n) is 12.2. The number of benzene rings is 13. The minimum absolute atomic E-state index is 1.23. The summed E-state index contributed by atoms with van der Waals surface area (Å²) in [5, 5.41) is 20.9. The first-order valence-corrected chi connectivity index (χ1v) is 22.4. The van der Waals surface area contributed by atoms with Crippen LogP contribution in [0.25, 0.3) is 131 Å². The Bertz CT molecular complexity index is 4040. The van der Waals surface area contributed by atoms with Gasteiger partial charge in [-0.1, -0.05) is 206 Å². The van der Waals surface area contributed by atoms with E-state index in [1.807, 2.05) is 0 Å². The summed E-state index contributed by atoms with van der Waals surface area (Å²) in [5.41, 5.74) is 15.4. The lowest BCUT2D eigenvalue weighted by molar-refractivity contribution is 1.55. The van der Waals surface area contributed by atoms with Crippen LogP contribution in [-0.4, -0.2) is 0 Å². The van der Waals surface area contributed by atoms with E-state index in [9.17, 15) is 0 Å². The van der Waals surface area contributed by atoms with Crippen LogP contribution in [0.5, 0.6) is 0 Å². The summed E-state index contributed by atoms with van der Waals surface area (Å²) in [6.45, 7) is 0. The number of hydrogen-bond donors (Lipinski definition) is 0. The lowest BCUT2D eigenvalue weighted by Gasteiger charge is -2.22. The maximum absolute atomic E-state index is 2.59. The molecular formula is C64H36. The van der Waals surface area contributed by atoms with E-state index in [0.717, 1.165) is 0 Å². The number of fused-ring (bicyclic) bond motifs is 6. The zero-order valence-corrected chi connectivity index (χ0v) is 34.8. The van der Waals surface area contributed by atoms with E-state index < -0.39 is 0 Å². The van der Waals surface area contributed by atoms with E-state index in [1.54, 1.807) is 0 Å². The predicted octanol–water partition coefficient (Wildman–Crippen LogP) is 17.2. The highest BCUT2D eigenvalue weighted by Gasteiger charge is 2.30. The van der Waals surface area contributed by atoms with Gasteiger partial charge in [-0.3, -0.25) is 0 Å². The van der Waals surface area contributed by atoms with Crippen LogP contribution in [-0.2, 0) is 0 Å². The van der Waals surface area contributed by atoms with Crippen molar-refractivity contribution in [3.8, 4) is 66.8 Å². The zero-order valence-electron chi connectivity index (χ0n) is 34.8. The molecule has 0 atom stereocenters. The second kappa shape index (κ2) is 12.6. The summed E-state index contributed by atoms with van der Waals surface area (Å²) >= 11 is 0. The Hall–Kier alpha value is -8.32. The average Bonchev–Trinajstić information content (AvgIpc) is 3.88. The van der Waals surface area contributed by atoms with E-state index in [2.05, 4.69) is 218 Å². The van der Waals surface area contributed by atoms with Crippen molar-refractivity contribution in [2.45, 2.75) is 0 Å². The highest BCUT2D eigenvalue weighted by molar-refractivity contribution is 6.27. The van der Waals surface area contributed by atoms with E-state index >= 15 is 0 Å². The molecule has 0 radical (unpaired) electrons. The minimum Gasteiger partial charge on any atom is -0.0622 e. The second-order valence-corrected chi connectivity index (χ2v) is 17.8. The first kappa shape index (κ1) is 34.3. The molecule has 0 N–H and O–H groups in total. The lowest BCUT2D eigenvalue weighted by Crippen LogP contribution is -1.97. The van der Waals surface area contributed by atoms with Crippen LogP contribution in [0.4, 0.5) is 0 Å². The fraction of sp³-hybridized carbons (Fsp3) is 0. The molecule has 292 valence electrons. The fourth-order valence-corrected chi connectivity index (χ4v) is 12.2. The maximum atomic E-state index is 2.59. The van der Waals surface area contributed by atoms with Gasteiger partial charge in [-0.15, -0.1) is 0 Å². The van der Waals surface area contributed by atoms with E-state index in [-0.39, 0.29) is 0 Å². The first-order valence-electron chi connectivity index (χ1n) is 22.4. The van der Waals surface area contributed by atoms with Gasteiger partial charge in [0.1, 0.15) is 0 Å². The topological polar surface area (TPSA) is 0 Å². The zero-order chi connectivity index (χ0) is 41.6. The summed E-state index contributed by atoms with van der Waals surface area (Å²) in [7, 11) is 0. The third-order valence-corrected chi connectivity index (χ3v) is 14.6. The van der Waals surface area contributed by atoms with Gasteiger partial charge in [0.2, 0.25) is 0 Å². The van der Waals surface area contributed by atoms with Gasteiger partial charge >= 0.3 is 0 Å². The Morgan fingerprint density at radius 3 is 0.875 bits per heavy atom. The summed E-state index contributed by atoms with van der Waals surface area (Å²) in [6, 6.07) is 82.4. The molecule has 0 bridgehead atoms. The van der Waals surface area contributed by atoms with Crippen molar-refractivity contribution in [2.24, 2.45) is 0 Å². The van der Waals surface area contributed by atoms with E-state index in [0.29, 0.717) is 0 Å². The Labute approximate surface area is 368 Å². The Morgan fingerprint density at radius 1 is 0.203 bits per heavy atom. The smallest absolute Gasteiger partial charge is 0.000740 e. The molecule has 0 nitrogen and oxygen atoms in total. The van der Waals surface area contributed by atoms with Crippen molar-refractivity contribution >= 4 is 64.6 Å². The molecule has 0 unspecified atom stereocenters. The summed E-state index contributed by atoms with van der Waals surface area (Å²) in [4.78, 5) is 0. The second-order valence-electron chi connectivity index (χ2n) is 17.8. The monoisotopic (exact) mass is 804 g/mol. The average molecular weight is 805 g/mol. The van der Waals surface area contributed by atoms with Gasteiger partial charge in [-0.05, 0) is 164 Å². The van der Waals surface area contributed by atoms with Gasteiger partial charge in [0.15, 0.2) is 0 Å². The largest absolute Gasteiger partial charge is 0.0622 e. The molecule has 0 saturated carbocycles. The quantitative estimate of drug-likeness (QED) is 0.155. The molecular weight excluding hydrogens is 769 g/mol. The highest BCUT2D eigenvalue weighted by Crippen LogP contribution is 2.55. The van der Waals surface area contributed by atoms with E-state index in [1.165, 1.54) is 152 Å². The Balaban J connectivity index is 1.26. The Morgan fingerprint density at radius 2 is 0.516 bits per heavy atom. The van der Waals surface area contributed by atoms with Gasteiger partial charge in [0.05, 0.1) is 0 Å². The molecule has 0 aliphatic heterocycles. The van der Waals surface area contributed by atoms with Crippen LogP contribution in [0.15, 0.2) is 218 Å². The van der Waals surface area contributed by atoms with Crippen LogP contribution in [0.2, 0.25) is 0 Å². The van der Waals surface area contributed by atoms with Crippen molar-refractivity contribution in [3.05, 3.63) is 239 Å². The molecule has 2 aliphatic rings. The van der Waals surface area contributed by atoms with Crippen molar-refractivity contribution in [2.75, 3.05) is 0 Å². The van der Waals surface area contributed by atoms with E-state index in [4.69, 9.17) is 0 Å². The molecule has 0 spiro atoms. The van der Waals surface area contributed by atoms with Crippen molar-refractivity contribution in [1.29, 1.82) is 0 Å². The lowest BCUT2D eigenvalue weighted by atomic mass is 9.80. The van der Waals surface area contributed by atoms with Gasteiger partial charge in [0.25, 0.3) is 0 Å². The summed E-state index contributed by atoms with van der Waals surface area (Å²) < 4.78 is 0. The Kier molecular flexibility index (Phi) is 6.77. The molecule has 64 heavy (non-hydrogen) atoms. The minimum atomic E-state index is 1.23. The predicted molar refractivity (Wildman–Crippen MR) is 271 cm³/mol. The molecule has 0 saturated heterocycles. The highest BCUT2D eigenvalue weighted by atomic mass is 14.3. The van der Waals surface area contributed by atoms with Crippen molar-refractivity contribution < 1.29 is 0 Å². The molecule has 13 aromatic rings. The van der Waals surface area contributed by atoms with Gasteiger partial charge in [-0.25, -0.2) is 0 Å². The standard InChI is InChI=1S/C64H36/c1-5-15-37(16-6-1)55-49-35-51-52(36-50(49)56(38-17-7-2-8-18-38)62-46-32-28-42-24-13-23-41-27-31-45(61(55)62)59(46)53(41)42)58(40-21-11-4-12-22-40)64-48-34-30-44-26-14-25-43-29-33-47(60(48)54(43)44)63(64)57(51)39-19-9-3-10-20-39/h1-36H. The SMILES string of the molecule is c1ccc(-c2c3c(c(-c4ccccc4)c4cc5c(-c6ccccc6)c6c(c(-c7ccccc7)c5cc24)=c2ccc4cccc5ccc-6c2c54)=c2ccc4cccc5ccc-3c2c54)cc1. The molecule has 0 aromatic heterocycles. The molecule has 13 aromatic carbocycles. The first-order chi connectivity index (χ1) is 31.8. The van der Waals surface area contributed by atoms with Crippen LogP contribution < -0.4 is 0 Å². The third-order valence-electron chi connectivity index (χ3n) is 14.6. The van der Waals surface area contributed by atoms with Crippen LogP contribution >= 0.6 is 0 Å². The molecule has 0 amide bonds. The van der Waals surface area contributed by atoms with Crippen LogP contribution in [0.3, 0.4) is 0 Å². The molecule has 0 fully saturated rings. The third kappa shape index (κ3) is 4.42. The van der Waals surface area contributed by atoms with Crippen molar-refractivity contribution in [3.63, 3.8) is 0 Å². The molecule has 2 aliphatic carbocycles. The maximum Gasteiger partial charge on any atom is -0.000740 e. The van der Waals surface area contributed by atoms with Gasteiger partial charge in [-0.2, -0.15) is 0 Å². The molecule has 15 rings (SSSR count). The van der Waals surface area contributed by atoms with Crippen molar-refractivity contribution in [1.82, 2.24) is 0 Å². The van der Waals surface area contributed by atoms with Gasteiger partial charge in [0, 0.05) is 0 Å². The normalized spacial score (nSPS) is 12.4. The van der Waals surface area contributed by atoms with Crippen LogP contribution in [0, 0.1) is 20.9 Å². The number of hydrogen-bond acceptors (Lipinski definition) is 0.